The van der Waals surface area contributed by atoms with E-state index in [0.717, 1.165) is 4.90 Å². The number of hydrogen-bond donors (Lipinski definition) is 2. The van der Waals surface area contributed by atoms with Crippen LogP contribution in [0.3, 0.4) is 0 Å². The lowest BCUT2D eigenvalue weighted by atomic mass is 10.1. The molecule has 0 unspecified atom stereocenters. The van der Waals surface area contributed by atoms with E-state index >= 15 is 0 Å². The van der Waals surface area contributed by atoms with Gasteiger partial charge in [0.1, 0.15) is 5.82 Å². The Labute approximate surface area is 115 Å². The zero-order chi connectivity index (χ0) is 14.7. The molecule has 2 aromatic rings. The van der Waals surface area contributed by atoms with E-state index in [2.05, 4.69) is 5.10 Å². The Hall–Kier alpha value is -2.57. The highest BCUT2D eigenvalue weighted by Crippen LogP contribution is 2.23. The van der Waals surface area contributed by atoms with Gasteiger partial charge in [0.05, 0.1) is 12.2 Å². The van der Waals surface area contributed by atoms with Crippen molar-refractivity contribution in [3.8, 4) is 0 Å². The molecule has 0 bridgehead atoms. The van der Waals surface area contributed by atoms with Crippen LogP contribution in [0, 0.1) is 5.82 Å². The number of nitrogens with two attached hydrogens (primary N) is 1. The molecule has 7 heteroatoms. The van der Waals surface area contributed by atoms with Gasteiger partial charge in [-0.3, -0.25) is 9.58 Å². The molecule has 0 atom stereocenters. The number of rotatable bonds is 4. The number of aromatic nitrogens is 2. The summed E-state index contributed by atoms with van der Waals surface area (Å²) in [5.41, 5.74) is 5.89. The maximum absolute atomic E-state index is 14.4. The SMILES string of the molecule is CCN(C(=O)O)c1cccc(Cn2ccc(N)n2)c1F. The van der Waals surface area contributed by atoms with Crippen LogP contribution in [0.4, 0.5) is 20.7 Å². The van der Waals surface area contributed by atoms with Crippen molar-refractivity contribution in [2.24, 2.45) is 0 Å². The van der Waals surface area contributed by atoms with Crippen molar-refractivity contribution in [3.05, 3.63) is 41.8 Å². The summed E-state index contributed by atoms with van der Waals surface area (Å²) in [6.07, 6.45) is 0.447. The van der Waals surface area contributed by atoms with Gasteiger partial charge >= 0.3 is 6.09 Å². The lowest BCUT2D eigenvalue weighted by molar-refractivity contribution is 0.202. The van der Waals surface area contributed by atoms with E-state index in [1.807, 2.05) is 0 Å². The number of amides is 1. The molecule has 0 spiro atoms. The first-order valence-corrected chi connectivity index (χ1v) is 6.09. The molecule has 1 heterocycles. The van der Waals surface area contributed by atoms with E-state index in [0.29, 0.717) is 11.4 Å². The van der Waals surface area contributed by atoms with Gasteiger partial charge in [-0.15, -0.1) is 0 Å². The van der Waals surface area contributed by atoms with E-state index in [1.165, 1.54) is 10.7 Å². The number of carbonyl (C=O) groups is 1. The van der Waals surface area contributed by atoms with Gasteiger partial charge in [0, 0.05) is 18.3 Å². The molecule has 0 saturated heterocycles. The van der Waals surface area contributed by atoms with Crippen molar-refractivity contribution < 1.29 is 14.3 Å². The molecule has 3 N–H and O–H groups in total. The minimum Gasteiger partial charge on any atom is -0.465 e. The van der Waals surface area contributed by atoms with Crippen molar-refractivity contribution in [1.29, 1.82) is 0 Å². The van der Waals surface area contributed by atoms with Gasteiger partial charge in [-0.2, -0.15) is 5.10 Å². The zero-order valence-corrected chi connectivity index (χ0v) is 11.0. The average Bonchev–Trinajstić information content (AvgIpc) is 2.80. The third-order valence-corrected chi connectivity index (χ3v) is 2.89. The molecule has 0 saturated carbocycles. The Morgan fingerprint density at radius 3 is 2.80 bits per heavy atom. The van der Waals surface area contributed by atoms with Crippen molar-refractivity contribution in [1.82, 2.24) is 9.78 Å². The molecule has 6 nitrogen and oxygen atoms in total. The van der Waals surface area contributed by atoms with Crippen molar-refractivity contribution in [2.45, 2.75) is 13.5 Å². The quantitative estimate of drug-likeness (QED) is 0.897. The third-order valence-electron chi connectivity index (χ3n) is 2.89. The fourth-order valence-corrected chi connectivity index (χ4v) is 1.95. The summed E-state index contributed by atoms with van der Waals surface area (Å²) in [4.78, 5) is 12.0. The summed E-state index contributed by atoms with van der Waals surface area (Å²) in [5.74, 6) is -0.215. The van der Waals surface area contributed by atoms with Crippen LogP contribution in [0.2, 0.25) is 0 Å². The van der Waals surface area contributed by atoms with Gasteiger partial charge in [0.25, 0.3) is 0 Å². The standard InChI is InChI=1S/C13H15FN4O2/c1-2-18(13(19)20)10-5-3-4-9(12(10)14)8-17-7-6-11(15)16-17/h3-7H,2,8H2,1H3,(H2,15,16)(H,19,20). The maximum Gasteiger partial charge on any atom is 0.411 e. The molecular formula is C13H15FN4O2. The second-order valence-corrected chi connectivity index (χ2v) is 4.22. The number of hydrogen-bond acceptors (Lipinski definition) is 3. The lowest BCUT2D eigenvalue weighted by Gasteiger charge is -2.19. The van der Waals surface area contributed by atoms with Crippen molar-refractivity contribution >= 4 is 17.6 Å². The summed E-state index contributed by atoms with van der Waals surface area (Å²) in [6, 6.07) is 6.25. The second-order valence-electron chi connectivity index (χ2n) is 4.22. The molecular weight excluding hydrogens is 263 g/mol. The highest BCUT2D eigenvalue weighted by molar-refractivity contribution is 5.86. The molecule has 0 aliphatic rings. The van der Waals surface area contributed by atoms with Gasteiger partial charge in [-0.1, -0.05) is 12.1 Å². The predicted octanol–water partition coefficient (Wildman–Crippen LogP) is 2.16. The predicted molar refractivity (Wildman–Crippen MR) is 73.2 cm³/mol. The maximum atomic E-state index is 14.4. The van der Waals surface area contributed by atoms with Crippen LogP contribution in [-0.2, 0) is 6.54 Å². The Bertz CT molecular complexity index is 627. The van der Waals surface area contributed by atoms with Gasteiger partial charge in [0.15, 0.2) is 5.82 Å². The fraction of sp³-hybridized carbons (Fsp3) is 0.231. The summed E-state index contributed by atoms with van der Waals surface area (Å²) < 4.78 is 15.9. The van der Waals surface area contributed by atoms with Crippen LogP contribution in [0.5, 0.6) is 0 Å². The lowest BCUT2D eigenvalue weighted by Crippen LogP contribution is -2.29. The fourth-order valence-electron chi connectivity index (χ4n) is 1.95. The highest BCUT2D eigenvalue weighted by atomic mass is 19.1. The highest BCUT2D eigenvalue weighted by Gasteiger charge is 2.18. The molecule has 1 aromatic carbocycles. The molecule has 0 radical (unpaired) electrons. The first-order valence-electron chi connectivity index (χ1n) is 6.09. The smallest absolute Gasteiger partial charge is 0.411 e. The third kappa shape index (κ3) is 2.71. The van der Waals surface area contributed by atoms with E-state index in [9.17, 15) is 9.18 Å². The van der Waals surface area contributed by atoms with Crippen LogP contribution in [0.15, 0.2) is 30.5 Å². The first-order chi connectivity index (χ1) is 9.52. The van der Waals surface area contributed by atoms with Gasteiger partial charge < -0.3 is 10.8 Å². The summed E-state index contributed by atoms with van der Waals surface area (Å²) in [6.45, 7) is 2.01. The minimum atomic E-state index is -1.19. The average molecular weight is 278 g/mol. The number of anilines is 2. The van der Waals surface area contributed by atoms with Crippen LogP contribution < -0.4 is 10.6 Å². The normalized spacial score (nSPS) is 10.5. The van der Waals surface area contributed by atoms with Gasteiger partial charge in [-0.25, -0.2) is 9.18 Å². The summed E-state index contributed by atoms with van der Waals surface area (Å²) in [5, 5.41) is 13.0. The van der Waals surface area contributed by atoms with E-state index < -0.39 is 11.9 Å². The zero-order valence-electron chi connectivity index (χ0n) is 11.0. The number of nitrogens with zero attached hydrogens (tertiary/aromatic N) is 3. The molecule has 1 aromatic heterocycles. The van der Waals surface area contributed by atoms with Crippen molar-refractivity contribution in [2.75, 3.05) is 17.2 Å². The largest absolute Gasteiger partial charge is 0.465 e. The molecule has 0 aliphatic carbocycles. The Morgan fingerprint density at radius 1 is 1.50 bits per heavy atom. The van der Waals surface area contributed by atoms with Gasteiger partial charge in [-0.05, 0) is 19.1 Å². The molecule has 0 fully saturated rings. The first kappa shape index (κ1) is 13.9. The second kappa shape index (κ2) is 5.60. The number of halogens is 1. The van der Waals surface area contributed by atoms with Gasteiger partial charge in [0.2, 0.25) is 0 Å². The summed E-state index contributed by atoms with van der Waals surface area (Å²) >= 11 is 0. The van der Waals surface area contributed by atoms with Crippen LogP contribution in [-0.4, -0.2) is 27.5 Å². The topological polar surface area (TPSA) is 84.4 Å². The Kier molecular flexibility index (Phi) is 3.88. The molecule has 2 rings (SSSR count). The number of benzene rings is 1. The summed E-state index contributed by atoms with van der Waals surface area (Å²) in [7, 11) is 0. The van der Waals surface area contributed by atoms with E-state index in [1.54, 1.807) is 31.3 Å². The minimum absolute atomic E-state index is 0.0395. The van der Waals surface area contributed by atoms with Crippen LogP contribution in [0.25, 0.3) is 0 Å². The molecule has 0 aliphatic heterocycles. The molecule has 1 amide bonds. The van der Waals surface area contributed by atoms with Crippen LogP contribution in [0.1, 0.15) is 12.5 Å². The van der Waals surface area contributed by atoms with E-state index in [-0.39, 0.29) is 18.8 Å². The Balaban J connectivity index is 2.34. The van der Waals surface area contributed by atoms with Crippen LogP contribution >= 0.6 is 0 Å². The van der Waals surface area contributed by atoms with Crippen molar-refractivity contribution in [3.63, 3.8) is 0 Å². The molecule has 20 heavy (non-hydrogen) atoms. The molecule has 106 valence electrons. The number of nitrogen functional groups attached to an aromatic ring is 1. The Morgan fingerprint density at radius 2 is 2.25 bits per heavy atom. The monoisotopic (exact) mass is 278 g/mol. The number of carboxylic acid groups (broad SMARTS) is 1. The van der Waals surface area contributed by atoms with E-state index in [4.69, 9.17) is 10.8 Å².